The van der Waals surface area contributed by atoms with Crippen molar-refractivity contribution in [3.8, 4) is 27.9 Å². The molecule has 2 aliphatic rings. The predicted octanol–water partition coefficient (Wildman–Crippen LogP) is 21.9. The number of nitrogens with zero attached hydrogens (tertiary/aromatic N) is 3. The summed E-state index contributed by atoms with van der Waals surface area (Å²) in [4.78, 5) is 5.37. The molecule has 448 valence electrons. The smallest absolute Gasteiger partial charge is 0.252 e. The van der Waals surface area contributed by atoms with Gasteiger partial charge in [-0.25, -0.2) is 0 Å². The monoisotopic (exact) mass is 1170 g/mol. The molecule has 11 aromatic rings. The molecule has 90 heavy (non-hydrogen) atoms. The molecule has 13 rings (SSSR count). The summed E-state index contributed by atoms with van der Waals surface area (Å²) < 4.78 is 2.51. The third-order valence-corrected chi connectivity index (χ3v) is 19.9. The van der Waals surface area contributed by atoms with Crippen molar-refractivity contribution in [3.05, 3.63) is 274 Å². The van der Waals surface area contributed by atoms with Crippen LogP contribution in [0.5, 0.6) is 0 Å². The fourth-order valence-corrected chi connectivity index (χ4v) is 15.0. The fourth-order valence-electron chi connectivity index (χ4n) is 15.0. The average molecular weight is 1170 g/mol. The molecule has 3 nitrogen and oxygen atoms in total. The number of benzene rings is 10. The first-order valence-electron chi connectivity index (χ1n) is 32.3. The van der Waals surface area contributed by atoms with E-state index < -0.39 is 0 Å². The SMILES string of the molecule is C=C/C(=C(/C)C(=C)c1ccccc1C)c1cc(C)c(N2c3cc4c(cc3B3c5ccc(C(C)(C)C)cc5N(c5c(C)cc(-c6cccc(-c7ccccc7C)c6C)cc5C)c5cc(C(C)(C)C)cc2c53)c2cc(C(C)(C)C)ccc2n4-c2ccccc2)c(C)c1. The Kier molecular flexibility index (Phi) is 14.5. The van der Waals surface area contributed by atoms with Gasteiger partial charge in [-0.2, -0.15) is 0 Å². The van der Waals surface area contributed by atoms with Gasteiger partial charge in [-0.1, -0.05) is 191 Å². The lowest BCUT2D eigenvalue weighted by molar-refractivity contribution is 0.590. The maximum atomic E-state index is 4.70. The van der Waals surface area contributed by atoms with E-state index in [1.165, 1.54) is 150 Å². The molecule has 1 aromatic heterocycles. The molecule has 0 spiro atoms. The van der Waals surface area contributed by atoms with Crippen LogP contribution in [-0.4, -0.2) is 11.3 Å². The van der Waals surface area contributed by atoms with Crippen molar-refractivity contribution in [2.75, 3.05) is 9.80 Å². The Bertz CT molecular complexity index is 4800. The van der Waals surface area contributed by atoms with Gasteiger partial charge >= 0.3 is 0 Å². The second-order valence-electron chi connectivity index (χ2n) is 29.1. The van der Waals surface area contributed by atoms with Crippen molar-refractivity contribution in [1.29, 1.82) is 0 Å². The first-order chi connectivity index (χ1) is 42.7. The Labute approximate surface area is 536 Å². The van der Waals surface area contributed by atoms with Crippen molar-refractivity contribution in [1.82, 2.24) is 4.57 Å². The van der Waals surface area contributed by atoms with E-state index in [9.17, 15) is 0 Å². The van der Waals surface area contributed by atoms with Gasteiger partial charge in [0.2, 0.25) is 0 Å². The van der Waals surface area contributed by atoms with Gasteiger partial charge < -0.3 is 14.4 Å². The number of anilines is 6. The van der Waals surface area contributed by atoms with Gasteiger partial charge in [0.05, 0.1) is 22.4 Å². The van der Waals surface area contributed by atoms with Gasteiger partial charge in [-0.05, 0) is 267 Å². The second-order valence-corrected chi connectivity index (χ2v) is 29.1. The van der Waals surface area contributed by atoms with Crippen molar-refractivity contribution < 1.29 is 0 Å². The van der Waals surface area contributed by atoms with Crippen molar-refractivity contribution >= 4 is 90.2 Å². The van der Waals surface area contributed by atoms with Gasteiger partial charge in [0.15, 0.2) is 0 Å². The van der Waals surface area contributed by atoms with E-state index in [0.29, 0.717) is 0 Å². The Balaban J connectivity index is 1.13. The zero-order chi connectivity index (χ0) is 63.8. The van der Waals surface area contributed by atoms with Crippen LogP contribution in [0.4, 0.5) is 34.1 Å². The highest BCUT2D eigenvalue weighted by Gasteiger charge is 2.46. The van der Waals surface area contributed by atoms with Gasteiger partial charge in [0.1, 0.15) is 0 Å². The minimum Gasteiger partial charge on any atom is -0.311 e. The zero-order valence-corrected chi connectivity index (χ0v) is 56.2. The molecule has 3 heterocycles. The minimum atomic E-state index is -0.219. The number of allylic oxidation sites excluding steroid dienone is 4. The summed E-state index contributed by atoms with van der Waals surface area (Å²) in [5, 5.41) is 2.52. The van der Waals surface area contributed by atoms with Crippen LogP contribution in [0.25, 0.3) is 60.9 Å². The number of fused-ring (bicyclic) bond motifs is 7. The summed E-state index contributed by atoms with van der Waals surface area (Å²) in [5.74, 6) is 0. The third kappa shape index (κ3) is 9.81. The molecule has 0 N–H and O–H groups in total. The molecule has 0 aliphatic carbocycles. The number of hydrogen-bond acceptors (Lipinski definition) is 2. The van der Waals surface area contributed by atoms with Gasteiger partial charge in [-0.15, -0.1) is 0 Å². The van der Waals surface area contributed by atoms with E-state index in [1.807, 2.05) is 6.08 Å². The molecule has 2 aliphatic heterocycles. The molecule has 0 bridgehead atoms. The Morgan fingerprint density at radius 2 is 0.944 bits per heavy atom. The van der Waals surface area contributed by atoms with Crippen LogP contribution in [-0.2, 0) is 16.2 Å². The normalized spacial score (nSPS) is 13.4. The molecule has 0 saturated heterocycles. The first kappa shape index (κ1) is 59.8. The van der Waals surface area contributed by atoms with Crippen LogP contribution in [0.2, 0.25) is 0 Å². The summed E-state index contributed by atoms with van der Waals surface area (Å²) in [6.07, 6.45) is 2.03. The zero-order valence-electron chi connectivity index (χ0n) is 56.2. The minimum absolute atomic E-state index is 0.0533. The molecular weight excluding hydrogens is 1090 g/mol. The van der Waals surface area contributed by atoms with E-state index in [1.54, 1.807) is 0 Å². The van der Waals surface area contributed by atoms with Gasteiger partial charge in [0, 0.05) is 39.2 Å². The molecule has 0 amide bonds. The molecule has 0 saturated carbocycles. The van der Waals surface area contributed by atoms with Crippen LogP contribution in [0.3, 0.4) is 0 Å². The highest BCUT2D eigenvalue weighted by atomic mass is 15.2. The predicted molar refractivity (Wildman–Crippen MR) is 393 cm³/mol. The fraction of sp³-hybridized carbons (Fsp3) is 0.233. The summed E-state index contributed by atoms with van der Waals surface area (Å²) in [6, 6.07) is 69.8. The number of aryl methyl sites for hydroxylation is 6. The molecule has 0 fully saturated rings. The highest BCUT2D eigenvalue weighted by Crippen LogP contribution is 2.52. The Morgan fingerprint density at radius 1 is 0.433 bits per heavy atom. The van der Waals surface area contributed by atoms with Crippen LogP contribution >= 0.6 is 0 Å². The first-order valence-corrected chi connectivity index (χ1v) is 32.3. The van der Waals surface area contributed by atoms with E-state index in [-0.39, 0.29) is 23.0 Å². The molecule has 4 heteroatoms. The van der Waals surface area contributed by atoms with Crippen molar-refractivity contribution in [2.45, 2.75) is 134 Å². The molecule has 10 aromatic carbocycles. The number of hydrogen-bond donors (Lipinski definition) is 0. The molecule has 0 radical (unpaired) electrons. The van der Waals surface area contributed by atoms with E-state index in [0.717, 1.165) is 33.5 Å². The average Bonchev–Trinajstić information content (AvgIpc) is 1.06. The Hall–Kier alpha value is -9.12. The lowest BCUT2D eigenvalue weighted by Crippen LogP contribution is -2.61. The van der Waals surface area contributed by atoms with E-state index in [2.05, 4.69) is 321 Å². The summed E-state index contributed by atoms with van der Waals surface area (Å²) in [5.41, 5.74) is 37.4. The maximum Gasteiger partial charge on any atom is 0.252 e. The van der Waals surface area contributed by atoms with Crippen LogP contribution in [0, 0.1) is 48.5 Å². The molecular formula is C86H86BN3. The largest absolute Gasteiger partial charge is 0.311 e. The number of rotatable bonds is 9. The van der Waals surface area contributed by atoms with Gasteiger partial charge in [-0.3, -0.25) is 0 Å². The quantitative estimate of drug-likeness (QED) is 0.105. The van der Waals surface area contributed by atoms with Crippen LogP contribution in [0.1, 0.15) is 136 Å². The van der Waals surface area contributed by atoms with Gasteiger partial charge in [0.25, 0.3) is 6.71 Å². The van der Waals surface area contributed by atoms with Crippen LogP contribution < -0.4 is 26.2 Å². The Morgan fingerprint density at radius 3 is 1.54 bits per heavy atom. The lowest BCUT2D eigenvalue weighted by atomic mass is 9.33. The summed E-state index contributed by atoms with van der Waals surface area (Å²) in [7, 11) is 0. The van der Waals surface area contributed by atoms with Crippen molar-refractivity contribution in [2.24, 2.45) is 0 Å². The lowest BCUT2D eigenvalue weighted by Gasteiger charge is -2.46. The standard InChI is InChI=1S/C86H86BN3/c1-20-66(57(8)58(9)67-33-26-24-29-51(67)2)60-41-53(4)83(54(5)42-60)90-78-50-76-72(71-45-62(84(11,12)13)38-40-75(71)88(76)65-31-22-21-23-32-65)49-74(78)87-73-39-37-63(85(14,15)16)46-77(73)89(79-47-64(86(17,18)19)48-80(90)81(79)87)82-55(6)43-61(44-56(82)7)69-35-28-36-70(59(69)10)68-34-27-25-30-52(68)3/h20-50H,1,9H2,2-8,10-19H3/b66-57+. The van der Waals surface area contributed by atoms with E-state index >= 15 is 0 Å². The topological polar surface area (TPSA) is 11.4 Å². The van der Waals surface area contributed by atoms with Crippen LogP contribution in [0.15, 0.2) is 207 Å². The molecule has 0 unspecified atom stereocenters. The number of para-hydroxylation sites is 1. The maximum absolute atomic E-state index is 4.70. The second kappa shape index (κ2) is 21.8. The molecule has 0 atom stereocenters. The summed E-state index contributed by atoms with van der Waals surface area (Å²) >= 11 is 0. The summed E-state index contributed by atoms with van der Waals surface area (Å²) in [6.45, 7) is 48.5. The number of aromatic nitrogens is 1. The highest BCUT2D eigenvalue weighted by molar-refractivity contribution is 7.00. The van der Waals surface area contributed by atoms with E-state index in [4.69, 9.17) is 6.58 Å². The third-order valence-electron chi connectivity index (χ3n) is 19.9. The van der Waals surface area contributed by atoms with Crippen molar-refractivity contribution in [3.63, 3.8) is 0 Å².